The molecule has 0 aliphatic heterocycles. The Morgan fingerprint density at radius 2 is 0.618 bits per heavy atom. The number of rotatable bonds is 40. The number of halogens is 2. The van der Waals surface area contributed by atoms with Crippen LogP contribution < -0.4 is 21.2 Å². The molecule has 0 heterocycles. The van der Waals surface area contributed by atoms with E-state index in [-0.39, 0.29) is 12.7 Å². The van der Waals surface area contributed by atoms with Crippen LogP contribution in [0.4, 0.5) is 4.79 Å². The Bertz CT molecular complexity index is 1560. The molecule has 0 fully saturated rings. The second kappa shape index (κ2) is 43.6. The Morgan fingerprint density at radius 1 is 0.397 bits per heavy atom. The van der Waals surface area contributed by atoms with E-state index in [0.717, 1.165) is 12.3 Å². The molecule has 0 atom stereocenters. The van der Waals surface area contributed by atoms with E-state index in [4.69, 9.17) is 70.9 Å². The zero-order valence-electron chi connectivity index (χ0n) is 39.4. The summed E-state index contributed by atoms with van der Waals surface area (Å²) in [4.78, 5) is 15.7. The first-order valence-electron chi connectivity index (χ1n) is 23.0. The third-order valence-electron chi connectivity index (χ3n) is 9.87. The molecule has 4 aromatic rings. The van der Waals surface area contributed by atoms with E-state index in [1.54, 1.807) is 7.11 Å². The number of benzene rings is 4. The fraction of sp³-hybridized carbons (Fsp3) is 0.500. The quantitative estimate of drug-likeness (QED) is 0.0366. The van der Waals surface area contributed by atoms with Gasteiger partial charge in [0, 0.05) is 7.11 Å². The van der Waals surface area contributed by atoms with Gasteiger partial charge in [-0.2, -0.15) is 0 Å². The minimum absolute atomic E-state index is 0.169. The first-order valence-corrected chi connectivity index (χ1v) is 32.1. The zero-order valence-corrected chi connectivity index (χ0v) is 45.2. The Kier molecular flexibility index (Phi) is 38.6. The van der Waals surface area contributed by atoms with Gasteiger partial charge in [0.25, 0.3) is 0 Å². The standard InChI is InChI=1S/C50H71NO12P2.2ClH.Pt/c1-53-24-25-54-26-27-55-28-29-56-30-31-57-32-33-58-34-35-59-36-37-60-38-39-61-40-41-62-42-43-63-50(52)51(22-44-64(46-14-6-2-7-15-46)47-16-8-3-9-17-47)23-45-65(48-18-10-4-11-19-48)49-20-12-5-13-21-49;;;/h2-21H,22-45H2,1H3;2*1H;/q;;;+2. The number of carbonyl (C=O) groups is 1. The molecule has 0 radical (unpaired) electrons. The second-order valence-electron chi connectivity index (χ2n) is 14.6. The number of nitrogens with zero attached hydrogens (tertiary/aromatic N) is 1. The molecule has 0 bridgehead atoms. The minimum atomic E-state index is -1.14. The van der Waals surface area contributed by atoms with Crippen molar-refractivity contribution in [3.63, 3.8) is 0 Å². The first kappa shape index (κ1) is 60.2. The molecule has 0 spiro atoms. The summed E-state index contributed by atoms with van der Waals surface area (Å²) in [6.45, 7) is 10.6. The zero-order chi connectivity index (χ0) is 48.2. The van der Waals surface area contributed by atoms with Crippen LogP contribution in [0, 0.1) is 0 Å². The average Bonchev–Trinajstić information content (AvgIpc) is 3.38. The number of ether oxygens (including phenoxy) is 11. The van der Waals surface area contributed by atoms with Gasteiger partial charge in [-0.05, 0) is 48.5 Å². The topological polar surface area (TPSA) is 122 Å². The Balaban J connectivity index is 0.00000397. The third kappa shape index (κ3) is 29.9. The van der Waals surface area contributed by atoms with E-state index in [1.165, 1.54) is 21.2 Å². The van der Waals surface area contributed by atoms with Crippen molar-refractivity contribution in [1.29, 1.82) is 0 Å². The van der Waals surface area contributed by atoms with Crippen molar-refractivity contribution in [3.8, 4) is 0 Å². The van der Waals surface area contributed by atoms with Gasteiger partial charge in [-0.15, -0.1) is 0 Å². The van der Waals surface area contributed by atoms with Crippen LogP contribution in [0.1, 0.15) is 0 Å². The molecule has 0 N–H and O–H groups in total. The Hall–Kier alpha value is -2.12. The molecule has 4 aromatic carbocycles. The van der Waals surface area contributed by atoms with Gasteiger partial charge in [-0.1, -0.05) is 72.8 Å². The van der Waals surface area contributed by atoms with Crippen LogP contribution in [0.3, 0.4) is 0 Å². The molecule has 382 valence electrons. The van der Waals surface area contributed by atoms with Crippen molar-refractivity contribution >= 4 is 62.0 Å². The van der Waals surface area contributed by atoms with E-state index >= 15 is 0 Å². The van der Waals surface area contributed by atoms with Gasteiger partial charge in [0.15, 0.2) is 0 Å². The van der Waals surface area contributed by atoms with E-state index in [2.05, 4.69) is 121 Å². The number of amides is 1. The molecular weight excluding hydrogens is 1130 g/mol. The van der Waals surface area contributed by atoms with Gasteiger partial charge in [0.1, 0.15) is 6.61 Å². The van der Waals surface area contributed by atoms with Crippen LogP contribution in [-0.2, 0) is 68.6 Å². The van der Waals surface area contributed by atoms with Crippen LogP contribution >= 0.6 is 34.7 Å². The van der Waals surface area contributed by atoms with E-state index in [1.807, 2.05) is 4.90 Å². The molecule has 0 aliphatic rings. The van der Waals surface area contributed by atoms with Crippen molar-refractivity contribution in [2.75, 3.05) is 165 Å². The second-order valence-corrected chi connectivity index (χ2v) is 23.1. The maximum absolute atomic E-state index is 13.8. The fourth-order valence-corrected chi connectivity index (χ4v) is 11.7. The van der Waals surface area contributed by atoms with Crippen LogP contribution in [0.15, 0.2) is 121 Å². The van der Waals surface area contributed by atoms with Crippen LogP contribution in [-0.4, -0.2) is 176 Å². The van der Waals surface area contributed by atoms with E-state index < -0.39 is 32.3 Å². The Labute approximate surface area is 423 Å². The molecule has 18 heteroatoms. The summed E-state index contributed by atoms with van der Waals surface area (Å²) in [6, 6.07) is 42.7. The third-order valence-corrected chi connectivity index (χ3v) is 15.4. The SMILES string of the molecule is COCCOCCOCCOCCOCCOCCOCCOCCOCCOCCOC(=O)N(CC[PH+](c1ccccc1)c1ccccc1)CC[PH+](c1ccccc1)c1ccccc1.[Cl][Pt][Cl]. The molecule has 0 aliphatic carbocycles. The van der Waals surface area contributed by atoms with Crippen molar-refractivity contribution in [2.24, 2.45) is 0 Å². The maximum atomic E-state index is 13.8. The van der Waals surface area contributed by atoms with Gasteiger partial charge in [0.05, 0.1) is 188 Å². The number of hydrogen-bond acceptors (Lipinski definition) is 12. The van der Waals surface area contributed by atoms with Crippen LogP contribution in [0.5, 0.6) is 0 Å². The molecule has 0 saturated heterocycles. The molecule has 4 rings (SSSR count). The van der Waals surface area contributed by atoms with Crippen LogP contribution in [0.2, 0.25) is 0 Å². The van der Waals surface area contributed by atoms with Crippen molar-refractivity contribution in [1.82, 2.24) is 4.90 Å². The monoisotopic (exact) mass is 1210 g/mol. The molecular formula is C50H73Cl2NO12P2Pt+2. The van der Waals surface area contributed by atoms with Gasteiger partial charge in [0.2, 0.25) is 0 Å². The van der Waals surface area contributed by atoms with Gasteiger partial charge in [-0.25, -0.2) is 4.79 Å². The average molecular weight is 1210 g/mol. The molecule has 0 unspecified atom stereocenters. The predicted molar refractivity (Wildman–Crippen MR) is 275 cm³/mol. The predicted octanol–water partition coefficient (Wildman–Crippen LogP) is 6.33. The molecule has 13 nitrogen and oxygen atoms in total. The number of hydrogen-bond donors (Lipinski definition) is 0. The molecule has 0 aromatic heterocycles. The van der Waals surface area contributed by atoms with Crippen molar-refractivity contribution in [2.45, 2.75) is 0 Å². The van der Waals surface area contributed by atoms with Crippen molar-refractivity contribution in [3.05, 3.63) is 121 Å². The summed E-state index contributed by atoms with van der Waals surface area (Å²) in [6.07, 6.45) is 1.43. The summed E-state index contributed by atoms with van der Waals surface area (Å²) in [7, 11) is 9.12. The van der Waals surface area contributed by atoms with Gasteiger partial charge in [-0.3, -0.25) is 0 Å². The van der Waals surface area contributed by atoms with Gasteiger partial charge >= 0.3 is 41.4 Å². The van der Waals surface area contributed by atoms with E-state index in [0.29, 0.717) is 139 Å². The summed E-state index contributed by atoms with van der Waals surface area (Å²) in [5, 5.41) is 5.32. The summed E-state index contributed by atoms with van der Waals surface area (Å²) in [5.41, 5.74) is 0. The van der Waals surface area contributed by atoms with Crippen molar-refractivity contribution < 1.29 is 73.4 Å². The van der Waals surface area contributed by atoms with Gasteiger partial charge < -0.3 is 57.0 Å². The number of methoxy groups -OCH3 is 1. The first-order chi connectivity index (χ1) is 33.7. The Morgan fingerprint density at radius 3 is 0.853 bits per heavy atom. The number of carbonyl (C=O) groups excluding carboxylic acids is 1. The fourth-order valence-electron chi connectivity index (χ4n) is 6.54. The summed E-state index contributed by atoms with van der Waals surface area (Å²) in [5.74, 6) is 0. The normalized spacial score (nSPS) is 11.2. The molecule has 68 heavy (non-hydrogen) atoms. The molecule has 1 amide bonds. The summed E-state index contributed by atoms with van der Waals surface area (Å²) < 4.78 is 60.6. The van der Waals surface area contributed by atoms with Crippen LogP contribution in [0.25, 0.3) is 0 Å². The summed E-state index contributed by atoms with van der Waals surface area (Å²) >= 11 is -0.472. The molecule has 0 saturated carbocycles. The van der Waals surface area contributed by atoms with E-state index in [9.17, 15) is 4.79 Å².